The number of hydrogen-bond donors (Lipinski definition) is 2. The van der Waals surface area contributed by atoms with Crippen LogP contribution in [0, 0.1) is 0 Å². The molecule has 3 heteroatoms. The Balaban J connectivity index is 2.03. The summed E-state index contributed by atoms with van der Waals surface area (Å²) in [6, 6.07) is 15.9. The lowest BCUT2D eigenvalue weighted by atomic mass is 10.1. The summed E-state index contributed by atoms with van der Waals surface area (Å²) in [5.41, 5.74) is 8.94. The van der Waals surface area contributed by atoms with Crippen LogP contribution in [0.25, 0.3) is 0 Å². The number of nitrogen functional groups attached to an aromatic ring is 1. The Hall–Kier alpha value is -1.51. The molecule has 3 N–H and O–H groups in total. The number of nitrogens with one attached hydrogen (secondary N) is 1. The molecule has 0 bridgehead atoms. The van der Waals surface area contributed by atoms with Crippen molar-refractivity contribution in [2.75, 3.05) is 5.73 Å². The van der Waals surface area contributed by atoms with Crippen LogP contribution in [0.15, 0.2) is 48.5 Å². The topological polar surface area (TPSA) is 38.0 Å². The van der Waals surface area contributed by atoms with E-state index in [9.17, 15) is 0 Å². The minimum atomic E-state index is 0.193. The fraction of sp³-hybridized carbons (Fsp3) is 0.200. The number of anilines is 1. The molecule has 2 aromatic rings. The maximum absolute atomic E-state index is 6.17. The van der Waals surface area contributed by atoms with Gasteiger partial charge in [-0.2, -0.15) is 0 Å². The monoisotopic (exact) mass is 260 g/mol. The summed E-state index contributed by atoms with van der Waals surface area (Å²) < 4.78 is 0. The molecule has 0 radical (unpaired) electrons. The summed E-state index contributed by atoms with van der Waals surface area (Å²) in [7, 11) is 0. The number of hydrogen-bond acceptors (Lipinski definition) is 2. The van der Waals surface area contributed by atoms with Crippen molar-refractivity contribution < 1.29 is 0 Å². The minimum Gasteiger partial charge on any atom is -0.398 e. The fourth-order valence-electron chi connectivity index (χ4n) is 1.89. The van der Waals surface area contributed by atoms with Crippen molar-refractivity contribution >= 4 is 17.3 Å². The molecule has 0 fully saturated rings. The van der Waals surface area contributed by atoms with Crippen LogP contribution in [-0.2, 0) is 6.54 Å². The van der Waals surface area contributed by atoms with Crippen LogP contribution in [0.2, 0.25) is 5.02 Å². The maximum atomic E-state index is 6.17. The number of para-hydroxylation sites is 1. The van der Waals surface area contributed by atoms with Gasteiger partial charge < -0.3 is 11.1 Å². The van der Waals surface area contributed by atoms with Crippen molar-refractivity contribution in [1.29, 1.82) is 0 Å². The van der Waals surface area contributed by atoms with Crippen LogP contribution in [0.3, 0.4) is 0 Å². The highest BCUT2D eigenvalue weighted by Gasteiger charge is 2.08. The Morgan fingerprint density at radius 1 is 1.11 bits per heavy atom. The van der Waals surface area contributed by atoms with Gasteiger partial charge in [-0.1, -0.05) is 48.0 Å². The molecule has 1 atom stereocenters. The van der Waals surface area contributed by atoms with Gasteiger partial charge in [0.25, 0.3) is 0 Å². The number of rotatable bonds is 4. The van der Waals surface area contributed by atoms with Crippen LogP contribution in [0.4, 0.5) is 5.69 Å². The molecule has 0 unspecified atom stereocenters. The normalized spacial score (nSPS) is 12.3. The van der Waals surface area contributed by atoms with Gasteiger partial charge in [0.05, 0.1) is 0 Å². The average molecular weight is 261 g/mol. The van der Waals surface area contributed by atoms with Crippen LogP contribution in [-0.4, -0.2) is 0 Å². The number of benzene rings is 2. The molecule has 0 spiro atoms. The Bertz CT molecular complexity index is 525. The average Bonchev–Trinajstić information content (AvgIpc) is 2.38. The lowest BCUT2D eigenvalue weighted by Crippen LogP contribution is -2.19. The van der Waals surface area contributed by atoms with Gasteiger partial charge in [-0.3, -0.25) is 0 Å². The molecular formula is C15H17ClN2. The molecule has 2 rings (SSSR count). The summed E-state index contributed by atoms with van der Waals surface area (Å²) >= 11 is 6.17. The quantitative estimate of drug-likeness (QED) is 0.822. The summed E-state index contributed by atoms with van der Waals surface area (Å²) in [5.74, 6) is 0. The van der Waals surface area contributed by atoms with Gasteiger partial charge >= 0.3 is 0 Å². The number of halogens is 1. The van der Waals surface area contributed by atoms with E-state index in [2.05, 4.69) is 12.2 Å². The van der Waals surface area contributed by atoms with Crippen molar-refractivity contribution in [3.8, 4) is 0 Å². The second kappa shape index (κ2) is 5.89. The van der Waals surface area contributed by atoms with E-state index in [1.807, 2.05) is 48.5 Å². The third-order valence-electron chi connectivity index (χ3n) is 3.03. The van der Waals surface area contributed by atoms with Gasteiger partial charge in [-0.05, 0) is 30.2 Å². The van der Waals surface area contributed by atoms with Crippen LogP contribution < -0.4 is 11.1 Å². The van der Waals surface area contributed by atoms with Crippen molar-refractivity contribution in [1.82, 2.24) is 5.32 Å². The van der Waals surface area contributed by atoms with Gasteiger partial charge in [-0.25, -0.2) is 0 Å². The maximum Gasteiger partial charge on any atom is 0.0453 e. The van der Waals surface area contributed by atoms with Crippen molar-refractivity contribution in [2.45, 2.75) is 19.5 Å². The molecule has 0 amide bonds. The van der Waals surface area contributed by atoms with Gasteiger partial charge in [0.15, 0.2) is 0 Å². The van der Waals surface area contributed by atoms with E-state index in [-0.39, 0.29) is 6.04 Å². The fourth-order valence-corrected chi connectivity index (χ4v) is 2.19. The predicted octanol–water partition coefficient (Wildman–Crippen LogP) is 3.77. The second-order valence-electron chi connectivity index (χ2n) is 4.32. The molecule has 2 nitrogen and oxygen atoms in total. The summed E-state index contributed by atoms with van der Waals surface area (Å²) in [4.78, 5) is 0. The first-order valence-corrected chi connectivity index (χ1v) is 6.37. The molecular weight excluding hydrogens is 244 g/mol. The summed E-state index contributed by atoms with van der Waals surface area (Å²) in [6.45, 7) is 2.83. The standard InChI is InChI=1S/C15H17ClN2/c1-11(13-7-3-4-8-14(13)16)18-10-12-6-2-5-9-15(12)17/h2-9,11,18H,10,17H2,1H3/t11-/m0/s1. The highest BCUT2D eigenvalue weighted by Crippen LogP contribution is 2.22. The first-order valence-electron chi connectivity index (χ1n) is 5.99. The van der Waals surface area contributed by atoms with Crippen LogP contribution in [0.1, 0.15) is 24.1 Å². The van der Waals surface area contributed by atoms with Crippen molar-refractivity contribution in [3.63, 3.8) is 0 Å². The van der Waals surface area contributed by atoms with E-state index in [1.165, 1.54) is 0 Å². The zero-order chi connectivity index (χ0) is 13.0. The molecule has 0 saturated heterocycles. The lowest BCUT2D eigenvalue weighted by molar-refractivity contribution is 0.575. The van der Waals surface area contributed by atoms with E-state index in [1.54, 1.807) is 0 Å². The van der Waals surface area contributed by atoms with Crippen molar-refractivity contribution in [3.05, 3.63) is 64.7 Å². The number of nitrogens with two attached hydrogens (primary N) is 1. The van der Waals surface area contributed by atoms with Gasteiger partial charge in [-0.15, -0.1) is 0 Å². The molecule has 94 valence electrons. The summed E-state index contributed by atoms with van der Waals surface area (Å²) in [5, 5.41) is 4.22. The van der Waals surface area contributed by atoms with Crippen LogP contribution in [0.5, 0.6) is 0 Å². The van der Waals surface area contributed by atoms with Gasteiger partial charge in [0.2, 0.25) is 0 Å². The predicted molar refractivity (Wildman–Crippen MR) is 77.6 cm³/mol. The third kappa shape index (κ3) is 3.03. The molecule has 0 aromatic heterocycles. The van der Waals surface area contributed by atoms with E-state index in [0.717, 1.165) is 28.4 Å². The molecule has 18 heavy (non-hydrogen) atoms. The SMILES string of the molecule is C[C@H](NCc1ccccc1N)c1ccccc1Cl. The molecule has 0 aliphatic rings. The summed E-state index contributed by atoms with van der Waals surface area (Å²) in [6.07, 6.45) is 0. The first-order chi connectivity index (χ1) is 8.68. The minimum absolute atomic E-state index is 0.193. The van der Waals surface area contributed by atoms with Crippen molar-refractivity contribution in [2.24, 2.45) is 0 Å². The first kappa shape index (κ1) is 12.9. The van der Waals surface area contributed by atoms with E-state index in [0.29, 0.717) is 0 Å². The van der Waals surface area contributed by atoms with E-state index >= 15 is 0 Å². The highest BCUT2D eigenvalue weighted by molar-refractivity contribution is 6.31. The van der Waals surface area contributed by atoms with E-state index < -0.39 is 0 Å². The van der Waals surface area contributed by atoms with Crippen LogP contribution >= 0.6 is 11.6 Å². The lowest BCUT2D eigenvalue weighted by Gasteiger charge is -2.16. The Morgan fingerprint density at radius 3 is 2.50 bits per heavy atom. The molecule has 2 aromatic carbocycles. The second-order valence-corrected chi connectivity index (χ2v) is 4.73. The Morgan fingerprint density at radius 2 is 1.78 bits per heavy atom. The third-order valence-corrected chi connectivity index (χ3v) is 3.37. The van der Waals surface area contributed by atoms with Gasteiger partial charge in [0, 0.05) is 23.3 Å². The zero-order valence-corrected chi connectivity index (χ0v) is 11.1. The molecule has 0 aliphatic heterocycles. The van der Waals surface area contributed by atoms with Gasteiger partial charge in [0.1, 0.15) is 0 Å². The highest BCUT2D eigenvalue weighted by atomic mass is 35.5. The zero-order valence-electron chi connectivity index (χ0n) is 10.4. The smallest absolute Gasteiger partial charge is 0.0453 e. The Labute approximate surface area is 113 Å². The van der Waals surface area contributed by atoms with E-state index in [4.69, 9.17) is 17.3 Å². The molecule has 0 heterocycles. The largest absolute Gasteiger partial charge is 0.398 e. The molecule has 0 saturated carbocycles. The Kier molecular flexibility index (Phi) is 4.24. The molecule has 0 aliphatic carbocycles.